The van der Waals surface area contributed by atoms with Crippen molar-refractivity contribution in [3.63, 3.8) is 0 Å². The van der Waals surface area contributed by atoms with Gasteiger partial charge in [-0.2, -0.15) is 5.10 Å². The second-order valence-corrected chi connectivity index (χ2v) is 9.26. The van der Waals surface area contributed by atoms with Crippen LogP contribution < -0.4 is 5.32 Å². The molecule has 0 spiro atoms. The molecule has 6 rings (SSSR count). The Hall–Kier alpha value is -4.81. The highest BCUT2D eigenvalue weighted by atomic mass is 16.3. The van der Waals surface area contributed by atoms with Gasteiger partial charge in [-0.3, -0.25) is 10.1 Å². The Kier molecular flexibility index (Phi) is 6.62. The third kappa shape index (κ3) is 5.03. The molecular formula is C32H27N5O. The molecule has 0 bridgehead atoms. The maximum Gasteiger partial charge on any atom is 0.115 e. The van der Waals surface area contributed by atoms with E-state index < -0.39 is 0 Å². The molecule has 3 heterocycles. The molecule has 0 amide bonds. The van der Waals surface area contributed by atoms with E-state index in [4.69, 9.17) is 4.98 Å². The molecule has 0 radical (unpaired) electrons. The quantitative estimate of drug-likeness (QED) is 0.212. The average Bonchev–Trinajstić information content (AvgIpc) is 3.50. The predicted octanol–water partition coefficient (Wildman–Crippen LogP) is 6.39. The number of H-pyrrole nitrogens is 1. The van der Waals surface area contributed by atoms with Crippen LogP contribution in [0.3, 0.4) is 0 Å². The first-order valence-electron chi connectivity index (χ1n) is 12.7. The van der Waals surface area contributed by atoms with Gasteiger partial charge in [0.25, 0.3) is 0 Å². The van der Waals surface area contributed by atoms with Gasteiger partial charge in [0.2, 0.25) is 0 Å². The van der Waals surface area contributed by atoms with Crippen LogP contribution in [0.15, 0.2) is 110 Å². The van der Waals surface area contributed by atoms with Crippen LogP contribution in [0.1, 0.15) is 11.1 Å². The van der Waals surface area contributed by atoms with E-state index >= 15 is 0 Å². The number of pyridine rings is 2. The number of rotatable bonds is 8. The van der Waals surface area contributed by atoms with Crippen molar-refractivity contribution in [2.75, 3.05) is 6.54 Å². The molecule has 0 atom stereocenters. The molecule has 6 nitrogen and oxygen atoms in total. The fourth-order valence-electron chi connectivity index (χ4n) is 4.72. The summed E-state index contributed by atoms with van der Waals surface area (Å²) in [6.07, 6.45) is 6.31. The van der Waals surface area contributed by atoms with E-state index in [1.807, 2.05) is 36.5 Å². The Bertz CT molecular complexity index is 1660. The maximum atomic E-state index is 9.64. The second kappa shape index (κ2) is 10.7. The van der Waals surface area contributed by atoms with Gasteiger partial charge in [0.05, 0.1) is 23.1 Å². The summed E-state index contributed by atoms with van der Waals surface area (Å²) in [5.74, 6) is 0.309. The van der Waals surface area contributed by atoms with Gasteiger partial charge in [0.1, 0.15) is 5.75 Å². The molecule has 0 aliphatic carbocycles. The van der Waals surface area contributed by atoms with Crippen LogP contribution in [0.4, 0.5) is 0 Å². The van der Waals surface area contributed by atoms with Crippen molar-refractivity contribution in [2.45, 2.75) is 13.0 Å². The Morgan fingerprint density at radius 2 is 1.63 bits per heavy atom. The number of phenolic OH excluding ortho intramolecular Hbond substituents is 1. The molecule has 6 heteroatoms. The second-order valence-electron chi connectivity index (χ2n) is 9.26. The summed E-state index contributed by atoms with van der Waals surface area (Å²) >= 11 is 0. The lowest BCUT2D eigenvalue weighted by Gasteiger charge is -2.14. The number of phenols is 1. The van der Waals surface area contributed by atoms with Gasteiger partial charge in [-0.1, -0.05) is 66.7 Å². The molecule has 0 aliphatic rings. The first kappa shape index (κ1) is 23.6. The van der Waals surface area contributed by atoms with Crippen molar-refractivity contribution < 1.29 is 5.11 Å². The summed E-state index contributed by atoms with van der Waals surface area (Å²) in [6.45, 7) is 1.61. The zero-order chi connectivity index (χ0) is 25.7. The molecule has 3 N–H and O–H groups in total. The fourth-order valence-corrected chi connectivity index (χ4v) is 4.72. The lowest BCUT2D eigenvalue weighted by atomic mass is 9.96. The highest BCUT2D eigenvalue weighted by Gasteiger charge is 2.15. The third-order valence-corrected chi connectivity index (χ3v) is 6.66. The Labute approximate surface area is 221 Å². The summed E-state index contributed by atoms with van der Waals surface area (Å²) in [5.41, 5.74) is 9.19. The zero-order valence-electron chi connectivity index (χ0n) is 20.8. The minimum Gasteiger partial charge on any atom is -0.508 e. The van der Waals surface area contributed by atoms with Gasteiger partial charge in [-0.05, 0) is 53.9 Å². The number of nitrogens with one attached hydrogen (secondary N) is 2. The van der Waals surface area contributed by atoms with Crippen LogP contribution in [0.2, 0.25) is 0 Å². The van der Waals surface area contributed by atoms with E-state index in [0.29, 0.717) is 5.75 Å². The number of hydrogen-bond acceptors (Lipinski definition) is 5. The smallest absolute Gasteiger partial charge is 0.115 e. The molecule has 0 unspecified atom stereocenters. The normalized spacial score (nSPS) is 11.2. The first-order chi connectivity index (χ1) is 18.7. The molecule has 38 heavy (non-hydrogen) atoms. The monoisotopic (exact) mass is 497 g/mol. The average molecular weight is 498 g/mol. The number of nitrogens with zero attached hydrogens (tertiary/aromatic N) is 3. The summed E-state index contributed by atoms with van der Waals surface area (Å²) in [4.78, 5) is 9.77. The highest BCUT2D eigenvalue weighted by Crippen LogP contribution is 2.36. The topological polar surface area (TPSA) is 86.7 Å². The van der Waals surface area contributed by atoms with Crippen molar-refractivity contribution in [1.29, 1.82) is 0 Å². The number of aromatic amines is 1. The molecular weight excluding hydrogens is 470 g/mol. The molecule has 6 aromatic rings. The van der Waals surface area contributed by atoms with Crippen molar-refractivity contribution in [1.82, 2.24) is 25.5 Å². The van der Waals surface area contributed by atoms with Crippen LogP contribution in [0, 0.1) is 0 Å². The number of aromatic nitrogens is 4. The van der Waals surface area contributed by atoms with Crippen molar-refractivity contribution in [2.24, 2.45) is 0 Å². The Morgan fingerprint density at radius 1 is 0.763 bits per heavy atom. The molecule has 3 aromatic heterocycles. The van der Waals surface area contributed by atoms with Gasteiger partial charge in [0, 0.05) is 41.0 Å². The minimum absolute atomic E-state index is 0.309. The SMILES string of the molecule is Oc1cccc(CCNCc2ccc(-c3nc4ccnc(-c5cn[nH]c5)c4cc3-c3ccccc3)cc2)c1. The van der Waals surface area contributed by atoms with Crippen molar-refractivity contribution >= 4 is 10.9 Å². The number of benzene rings is 3. The number of fused-ring (bicyclic) bond motifs is 1. The third-order valence-electron chi connectivity index (χ3n) is 6.66. The summed E-state index contributed by atoms with van der Waals surface area (Å²) in [5, 5.41) is 21.1. The van der Waals surface area contributed by atoms with E-state index in [1.165, 1.54) is 5.56 Å². The molecule has 0 saturated carbocycles. The van der Waals surface area contributed by atoms with Crippen LogP contribution in [-0.2, 0) is 13.0 Å². The Balaban J connectivity index is 1.28. The molecule has 186 valence electrons. The molecule has 0 aliphatic heterocycles. The predicted molar refractivity (Wildman–Crippen MR) is 152 cm³/mol. The molecule has 0 saturated heterocycles. The summed E-state index contributed by atoms with van der Waals surface area (Å²) in [7, 11) is 0. The van der Waals surface area contributed by atoms with E-state index in [9.17, 15) is 5.11 Å². The fraction of sp³-hybridized carbons (Fsp3) is 0.0938. The largest absolute Gasteiger partial charge is 0.508 e. The van der Waals surface area contributed by atoms with Crippen LogP contribution >= 0.6 is 0 Å². The van der Waals surface area contributed by atoms with Crippen LogP contribution in [0.25, 0.3) is 44.5 Å². The zero-order valence-corrected chi connectivity index (χ0v) is 20.8. The summed E-state index contributed by atoms with van der Waals surface area (Å²) in [6, 6.07) is 30.5. The van der Waals surface area contributed by atoms with Gasteiger partial charge in [0.15, 0.2) is 0 Å². The van der Waals surface area contributed by atoms with Crippen molar-refractivity contribution in [3.05, 3.63) is 121 Å². The standard InChI is InChI=1S/C32H27N5O/c38-27-8-4-5-22(17-27)13-15-33-19-23-9-11-25(12-10-23)32-28(24-6-2-1-3-7-24)18-29-30(37-32)14-16-34-31(29)26-20-35-36-21-26/h1-12,14,16-18,20-21,33,38H,13,15,19H2,(H,35,36). The number of hydrogen-bond donors (Lipinski definition) is 3. The Morgan fingerprint density at radius 3 is 2.42 bits per heavy atom. The van der Waals surface area contributed by atoms with Crippen LogP contribution in [-0.4, -0.2) is 31.8 Å². The first-order valence-corrected chi connectivity index (χ1v) is 12.7. The van der Waals surface area contributed by atoms with E-state index in [0.717, 1.165) is 69.6 Å². The molecule has 3 aromatic carbocycles. The van der Waals surface area contributed by atoms with Gasteiger partial charge in [-0.15, -0.1) is 0 Å². The van der Waals surface area contributed by atoms with E-state index in [1.54, 1.807) is 18.5 Å². The van der Waals surface area contributed by atoms with Gasteiger partial charge >= 0.3 is 0 Å². The van der Waals surface area contributed by atoms with Crippen molar-refractivity contribution in [3.8, 4) is 39.4 Å². The highest BCUT2D eigenvalue weighted by molar-refractivity contribution is 5.98. The lowest BCUT2D eigenvalue weighted by molar-refractivity contribution is 0.474. The van der Waals surface area contributed by atoms with Crippen LogP contribution in [0.5, 0.6) is 5.75 Å². The number of aromatic hydroxyl groups is 1. The maximum absolute atomic E-state index is 9.64. The van der Waals surface area contributed by atoms with Gasteiger partial charge in [-0.25, -0.2) is 4.98 Å². The van der Waals surface area contributed by atoms with E-state index in [-0.39, 0.29) is 0 Å². The van der Waals surface area contributed by atoms with Gasteiger partial charge < -0.3 is 10.4 Å². The minimum atomic E-state index is 0.309. The summed E-state index contributed by atoms with van der Waals surface area (Å²) < 4.78 is 0. The lowest BCUT2D eigenvalue weighted by Crippen LogP contribution is -2.16. The van der Waals surface area contributed by atoms with E-state index in [2.05, 4.69) is 75.1 Å². The molecule has 0 fully saturated rings.